The lowest BCUT2D eigenvalue weighted by atomic mass is 9.73. The molecule has 0 atom stereocenters. The summed E-state index contributed by atoms with van der Waals surface area (Å²) in [6, 6.07) is 8.96. The van der Waals surface area contributed by atoms with Crippen molar-refractivity contribution in [2.75, 3.05) is 18.1 Å². The monoisotopic (exact) mass is 359 g/mol. The van der Waals surface area contributed by atoms with Crippen LogP contribution in [-0.4, -0.2) is 24.0 Å². The summed E-state index contributed by atoms with van der Waals surface area (Å²) in [6.45, 7) is 4.26. The molecule has 1 N–H and O–H groups in total. The van der Waals surface area contributed by atoms with E-state index in [2.05, 4.69) is 0 Å². The molecular formula is C21H23F2NO2. The molecule has 26 heavy (non-hydrogen) atoms. The van der Waals surface area contributed by atoms with E-state index in [1.54, 1.807) is 17.0 Å². The third-order valence-electron chi connectivity index (χ3n) is 5.02. The summed E-state index contributed by atoms with van der Waals surface area (Å²) in [4.78, 5) is 14.3. The minimum absolute atomic E-state index is 0.0308. The average molecular weight is 359 g/mol. The number of aliphatic hydroxyl groups excluding tert-OH is 1. The molecule has 1 aliphatic rings. The number of Topliss-reactive ketones (excluding diaryl/α,β-unsaturated/α-hetero) is 1. The smallest absolute Gasteiger partial charge is 0.168 e. The number of hydrogen-bond donors (Lipinski definition) is 1. The predicted molar refractivity (Wildman–Crippen MR) is 97.9 cm³/mol. The first-order valence-electron chi connectivity index (χ1n) is 8.84. The Balaban J connectivity index is 2.01. The van der Waals surface area contributed by atoms with Gasteiger partial charge in [-0.15, -0.1) is 0 Å². The molecule has 0 radical (unpaired) electrons. The van der Waals surface area contributed by atoms with Gasteiger partial charge in [-0.2, -0.15) is 0 Å². The van der Waals surface area contributed by atoms with Crippen LogP contribution in [0.1, 0.15) is 42.6 Å². The van der Waals surface area contributed by atoms with Gasteiger partial charge in [0, 0.05) is 35.9 Å². The molecule has 0 amide bonds. The Morgan fingerprint density at radius 2 is 1.92 bits per heavy atom. The first-order valence-corrected chi connectivity index (χ1v) is 8.84. The molecule has 3 rings (SSSR count). The zero-order valence-electron chi connectivity index (χ0n) is 15.1. The van der Waals surface area contributed by atoms with Crippen molar-refractivity contribution in [2.24, 2.45) is 5.41 Å². The van der Waals surface area contributed by atoms with Gasteiger partial charge in [-0.3, -0.25) is 4.79 Å². The third kappa shape index (κ3) is 3.49. The summed E-state index contributed by atoms with van der Waals surface area (Å²) in [5.74, 6) is -1.16. The van der Waals surface area contributed by atoms with Crippen LogP contribution in [-0.2, 0) is 6.42 Å². The van der Waals surface area contributed by atoms with Gasteiger partial charge in [-0.05, 0) is 55.2 Å². The molecule has 0 fully saturated rings. The summed E-state index contributed by atoms with van der Waals surface area (Å²) in [5.41, 5.74) is 2.28. The number of halogens is 2. The molecule has 138 valence electrons. The average Bonchev–Trinajstić information content (AvgIpc) is 2.60. The highest BCUT2D eigenvalue weighted by Crippen LogP contribution is 2.37. The van der Waals surface area contributed by atoms with E-state index in [9.17, 15) is 18.7 Å². The second kappa shape index (κ2) is 7.16. The summed E-state index contributed by atoms with van der Waals surface area (Å²) >= 11 is 0. The number of aliphatic hydroxyl groups is 1. The summed E-state index contributed by atoms with van der Waals surface area (Å²) in [6.07, 6.45) is 1.99. The van der Waals surface area contributed by atoms with Gasteiger partial charge in [0.05, 0.1) is 5.69 Å². The van der Waals surface area contributed by atoms with Crippen molar-refractivity contribution in [3.8, 4) is 0 Å². The quantitative estimate of drug-likeness (QED) is 0.845. The maximum Gasteiger partial charge on any atom is 0.168 e. The summed E-state index contributed by atoms with van der Waals surface area (Å²) < 4.78 is 27.6. The molecule has 5 heteroatoms. The van der Waals surface area contributed by atoms with E-state index in [4.69, 9.17) is 0 Å². The molecule has 1 aliphatic carbocycles. The van der Waals surface area contributed by atoms with Crippen molar-refractivity contribution in [3.63, 3.8) is 0 Å². The number of carbonyl (C=O) groups is 1. The lowest BCUT2D eigenvalue weighted by Gasteiger charge is -2.31. The first-order chi connectivity index (χ1) is 12.3. The largest absolute Gasteiger partial charge is 0.396 e. The minimum atomic E-state index is -0.655. The maximum absolute atomic E-state index is 14.3. The Hall–Kier alpha value is -2.27. The van der Waals surface area contributed by atoms with Crippen molar-refractivity contribution in [1.82, 2.24) is 0 Å². The normalized spacial score (nSPS) is 15.7. The number of anilines is 2. The summed E-state index contributed by atoms with van der Waals surface area (Å²) in [5, 5.41) is 9.18. The van der Waals surface area contributed by atoms with Crippen LogP contribution in [0.4, 0.5) is 20.2 Å². The van der Waals surface area contributed by atoms with E-state index in [0.29, 0.717) is 18.5 Å². The minimum Gasteiger partial charge on any atom is -0.396 e. The zero-order valence-corrected chi connectivity index (χ0v) is 15.1. The number of benzene rings is 2. The van der Waals surface area contributed by atoms with Gasteiger partial charge in [0.15, 0.2) is 5.78 Å². The highest BCUT2D eigenvalue weighted by molar-refractivity contribution is 6.02. The van der Waals surface area contributed by atoms with Crippen molar-refractivity contribution >= 4 is 17.2 Å². The molecule has 0 heterocycles. The Morgan fingerprint density at radius 3 is 2.62 bits per heavy atom. The third-order valence-corrected chi connectivity index (χ3v) is 5.02. The molecule has 0 unspecified atom stereocenters. The molecule has 0 saturated heterocycles. The number of hydrogen-bond acceptors (Lipinski definition) is 3. The molecule has 0 spiro atoms. The van der Waals surface area contributed by atoms with Crippen LogP contribution in [0.2, 0.25) is 0 Å². The number of fused-ring (bicyclic) bond motifs is 1. The molecule has 0 aromatic heterocycles. The van der Waals surface area contributed by atoms with Gasteiger partial charge in [-0.1, -0.05) is 13.8 Å². The lowest BCUT2D eigenvalue weighted by molar-refractivity contribution is 0.0811. The number of ketones is 1. The fourth-order valence-corrected chi connectivity index (χ4v) is 3.42. The molecule has 2 aromatic rings. The van der Waals surface area contributed by atoms with Crippen LogP contribution >= 0.6 is 0 Å². The Labute approximate surface area is 152 Å². The lowest BCUT2D eigenvalue weighted by Crippen LogP contribution is -2.30. The Morgan fingerprint density at radius 1 is 1.15 bits per heavy atom. The van der Waals surface area contributed by atoms with E-state index < -0.39 is 11.6 Å². The van der Waals surface area contributed by atoms with Crippen molar-refractivity contribution < 1.29 is 18.7 Å². The van der Waals surface area contributed by atoms with Crippen LogP contribution in [0.15, 0.2) is 36.4 Å². The molecule has 3 nitrogen and oxygen atoms in total. The second-order valence-corrected chi connectivity index (χ2v) is 7.38. The maximum atomic E-state index is 14.3. The number of carbonyl (C=O) groups excluding carboxylic acids is 1. The molecule has 0 saturated carbocycles. The molecule has 2 aromatic carbocycles. The topological polar surface area (TPSA) is 40.5 Å². The first kappa shape index (κ1) is 18.5. The second-order valence-electron chi connectivity index (χ2n) is 7.38. The van der Waals surface area contributed by atoms with Gasteiger partial charge in [-0.25, -0.2) is 8.78 Å². The zero-order chi connectivity index (χ0) is 18.9. The van der Waals surface area contributed by atoms with Crippen molar-refractivity contribution in [3.05, 3.63) is 59.2 Å². The van der Waals surface area contributed by atoms with E-state index in [1.807, 2.05) is 19.9 Å². The van der Waals surface area contributed by atoms with E-state index in [-0.39, 0.29) is 23.5 Å². The van der Waals surface area contributed by atoms with Gasteiger partial charge >= 0.3 is 0 Å². The standard InChI is InChI=1S/C21H23F2NO2/c1-21(2)9-8-14-12-16(5-6-17(14)20(21)26)24(10-3-11-25)19-7-4-15(22)13-18(19)23/h4-7,12-13,25H,3,8-11H2,1-2H3. The molecule has 0 aliphatic heterocycles. The number of rotatable bonds is 5. The van der Waals surface area contributed by atoms with Crippen LogP contribution in [0.25, 0.3) is 0 Å². The van der Waals surface area contributed by atoms with Gasteiger partial charge in [0.1, 0.15) is 11.6 Å². The predicted octanol–water partition coefficient (Wildman–Crippen LogP) is 4.64. The Kier molecular flexibility index (Phi) is 5.10. The number of nitrogens with zero attached hydrogens (tertiary/aromatic N) is 1. The van der Waals surface area contributed by atoms with Gasteiger partial charge < -0.3 is 10.0 Å². The highest BCUT2D eigenvalue weighted by atomic mass is 19.1. The molecular weight excluding hydrogens is 336 g/mol. The van der Waals surface area contributed by atoms with Crippen molar-refractivity contribution in [2.45, 2.75) is 33.1 Å². The highest BCUT2D eigenvalue weighted by Gasteiger charge is 2.34. The fraction of sp³-hybridized carbons (Fsp3) is 0.381. The molecule has 0 bridgehead atoms. The van der Waals surface area contributed by atoms with Crippen LogP contribution < -0.4 is 4.90 Å². The van der Waals surface area contributed by atoms with Gasteiger partial charge in [0.25, 0.3) is 0 Å². The fourth-order valence-electron chi connectivity index (χ4n) is 3.42. The van der Waals surface area contributed by atoms with Gasteiger partial charge in [0.2, 0.25) is 0 Å². The number of aryl methyl sites for hydroxylation is 1. The van der Waals surface area contributed by atoms with Crippen LogP contribution in [0.5, 0.6) is 0 Å². The Bertz CT molecular complexity index is 833. The van der Waals surface area contributed by atoms with E-state index >= 15 is 0 Å². The van der Waals surface area contributed by atoms with Crippen molar-refractivity contribution in [1.29, 1.82) is 0 Å². The van der Waals surface area contributed by atoms with E-state index in [0.717, 1.165) is 30.2 Å². The van der Waals surface area contributed by atoms with Crippen LogP contribution in [0, 0.1) is 17.0 Å². The van der Waals surface area contributed by atoms with E-state index in [1.165, 1.54) is 12.1 Å². The summed E-state index contributed by atoms with van der Waals surface area (Å²) in [7, 11) is 0. The SMILES string of the molecule is CC1(C)CCc2cc(N(CCCO)c3ccc(F)cc3F)ccc2C1=O. The van der Waals surface area contributed by atoms with Crippen LogP contribution in [0.3, 0.4) is 0 Å².